The molecule has 1 aromatic heterocycles. The van der Waals surface area contributed by atoms with Crippen molar-refractivity contribution in [3.63, 3.8) is 0 Å². The van der Waals surface area contributed by atoms with Gasteiger partial charge in [-0.3, -0.25) is 9.59 Å². The fourth-order valence-corrected chi connectivity index (χ4v) is 2.22. The molecule has 0 spiro atoms. The summed E-state index contributed by atoms with van der Waals surface area (Å²) >= 11 is 0. The number of carbonyl (C=O) groups is 3. The van der Waals surface area contributed by atoms with E-state index < -0.39 is 12.0 Å². The minimum Gasteiger partial charge on any atom is -0.480 e. The average Bonchev–Trinajstić information content (AvgIpc) is 2.99. The summed E-state index contributed by atoms with van der Waals surface area (Å²) < 4.78 is 5.18. The summed E-state index contributed by atoms with van der Waals surface area (Å²) in [6, 6.07) is -0.966. The zero-order valence-electron chi connectivity index (χ0n) is 16.0. The molecule has 0 radical (unpaired) electrons. The van der Waals surface area contributed by atoms with Crippen LogP contribution in [0.15, 0.2) is 4.52 Å². The van der Waals surface area contributed by atoms with E-state index in [2.05, 4.69) is 15.5 Å². The second-order valence-corrected chi connectivity index (χ2v) is 7.20. The minimum absolute atomic E-state index is 0.139. The third-order valence-electron chi connectivity index (χ3n) is 3.79. The molecule has 2 amide bonds. The van der Waals surface area contributed by atoms with Crippen LogP contribution in [0.4, 0.5) is 0 Å². The van der Waals surface area contributed by atoms with Gasteiger partial charge in [0.05, 0.1) is 0 Å². The van der Waals surface area contributed by atoms with Crippen LogP contribution in [0.3, 0.4) is 0 Å². The zero-order valence-corrected chi connectivity index (χ0v) is 16.0. The normalized spacial score (nSPS) is 12.5. The highest BCUT2D eigenvalue weighted by Crippen LogP contribution is 2.19. The fraction of sp³-hybridized carbons (Fsp3) is 0.706. The van der Waals surface area contributed by atoms with Gasteiger partial charge >= 0.3 is 5.97 Å². The molecule has 1 unspecified atom stereocenters. The first kappa shape index (κ1) is 21.6. The molecule has 0 saturated heterocycles. The summed E-state index contributed by atoms with van der Waals surface area (Å²) in [6.07, 6.45) is 1.06. The second kappa shape index (κ2) is 9.30. The van der Waals surface area contributed by atoms with Crippen LogP contribution in [0.25, 0.3) is 0 Å². The van der Waals surface area contributed by atoms with Crippen LogP contribution in [0.1, 0.15) is 59.2 Å². The van der Waals surface area contributed by atoms with Gasteiger partial charge in [-0.2, -0.15) is 4.98 Å². The number of aliphatic carboxylic acids is 1. The Kier molecular flexibility index (Phi) is 7.73. The van der Waals surface area contributed by atoms with E-state index in [9.17, 15) is 19.5 Å². The number of nitrogens with one attached hydrogen (secondary N) is 1. The molecular weight excluding hydrogens is 340 g/mol. The molecule has 0 aromatic carbocycles. The van der Waals surface area contributed by atoms with Crippen LogP contribution in [-0.4, -0.2) is 57.1 Å². The molecule has 9 nitrogen and oxygen atoms in total. The van der Waals surface area contributed by atoms with E-state index in [1.165, 1.54) is 18.7 Å². The molecule has 146 valence electrons. The van der Waals surface area contributed by atoms with Gasteiger partial charge in [-0.05, 0) is 13.3 Å². The lowest BCUT2D eigenvalue weighted by Crippen LogP contribution is -2.46. The van der Waals surface area contributed by atoms with Gasteiger partial charge in [0, 0.05) is 38.3 Å². The molecule has 9 heteroatoms. The molecule has 0 bridgehead atoms. The van der Waals surface area contributed by atoms with Crippen molar-refractivity contribution < 1.29 is 24.0 Å². The molecule has 1 atom stereocenters. The molecular formula is C17H28N4O5. The number of hydrogen-bond acceptors (Lipinski definition) is 6. The Morgan fingerprint density at radius 1 is 1.31 bits per heavy atom. The fourth-order valence-electron chi connectivity index (χ4n) is 2.22. The number of carboxylic acid groups (broad SMARTS) is 1. The van der Waals surface area contributed by atoms with Gasteiger partial charge in [-0.15, -0.1) is 0 Å². The zero-order chi connectivity index (χ0) is 19.9. The largest absolute Gasteiger partial charge is 0.480 e. The standard InChI is InChI=1S/C17H28N4O5/c1-11(15(24)25)21(10-9-18-12(2)22)14(23)8-6-7-13-19-16(20-26-13)17(3,4)5/h11H,6-10H2,1-5H3,(H,18,22)(H,24,25). The highest BCUT2D eigenvalue weighted by atomic mass is 16.5. The van der Waals surface area contributed by atoms with Crippen molar-refractivity contribution in [2.45, 2.75) is 65.3 Å². The number of carbonyl (C=O) groups excluding carboxylic acids is 2. The van der Waals surface area contributed by atoms with Gasteiger partial charge in [-0.1, -0.05) is 25.9 Å². The maximum Gasteiger partial charge on any atom is 0.326 e. The van der Waals surface area contributed by atoms with Crippen molar-refractivity contribution in [2.75, 3.05) is 13.1 Å². The summed E-state index contributed by atoms with van der Waals surface area (Å²) in [5.41, 5.74) is -0.213. The Hall–Kier alpha value is -2.45. The predicted molar refractivity (Wildman–Crippen MR) is 93.4 cm³/mol. The van der Waals surface area contributed by atoms with Crippen molar-refractivity contribution >= 4 is 17.8 Å². The third kappa shape index (κ3) is 6.81. The van der Waals surface area contributed by atoms with E-state index in [0.29, 0.717) is 24.6 Å². The first-order valence-corrected chi connectivity index (χ1v) is 8.62. The van der Waals surface area contributed by atoms with E-state index in [1.807, 2.05) is 20.8 Å². The monoisotopic (exact) mass is 368 g/mol. The number of hydrogen-bond donors (Lipinski definition) is 2. The number of aromatic nitrogens is 2. The van der Waals surface area contributed by atoms with Crippen LogP contribution in [0, 0.1) is 0 Å². The molecule has 0 aliphatic heterocycles. The first-order chi connectivity index (χ1) is 12.0. The molecule has 26 heavy (non-hydrogen) atoms. The Bertz CT molecular complexity index is 635. The van der Waals surface area contributed by atoms with Crippen molar-refractivity contribution in [3.05, 3.63) is 11.7 Å². The van der Waals surface area contributed by atoms with Crippen molar-refractivity contribution in [1.29, 1.82) is 0 Å². The molecule has 0 aliphatic carbocycles. The summed E-state index contributed by atoms with van der Waals surface area (Å²) in [6.45, 7) is 9.09. The third-order valence-corrected chi connectivity index (χ3v) is 3.79. The Morgan fingerprint density at radius 2 is 1.96 bits per heavy atom. The molecule has 1 heterocycles. The lowest BCUT2D eigenvalue weighted by Gasteiger charge is -2.26. The van der Waals surface area contributed by atoms with E-state index in [-0.39, 0.29) is 36.7 Å². The Morgan fingerprint density at radius 3 is 2.46 bits per heavy atom. The van der Waals surface area contributed by atoms with Gasteiger partial charge in [0.2, 0.25) is 17.7 Å². The quantitative estimate of drug-likeness (QED) is 0.669. The van der Waals surface area contributed by atoms with Crippen LogP contribution >= 0.6 is 0 Å². The number of aryl methyl sites for hydroxylation is 1. The summed E-state index contributed by atoms with van der Waals surface area (Å²) in [4.78, 5) is 40.1. The van der Waals surface area contributed by atoms with Gasteiger partial charge < -0.3 is 19.8 Å². The van der Waals surface area contributed by atoms with Crippen molar-refractivity contribution in [1.82, 2.24) is 20.4 Å². The predicted octanol–water partition coefficient (Wildman–Crippen LogP) is 1.13. The Balaban J connectivity index is 2.58. The highest BCUT2D eigenvalue weighted by molar-refractivity contribution is 5.83. The molecule has 1 aromatic rings. The van der Waals surface area contributed by atoms with E-state index >= 15 is 0 Å². The number of carboxylic acids is 1. The Labute approximate surface area is 153 Å². The average molecular weight is 368 g/mol. The summed E-state index contributed by atoms with van der Waals surface area (Å²) in [5, 5.41) is 15.7. The number of amides is 2. The lowest BCUT2D eigenvalue weighted by atomic mass is 9.96. The summed E-state index contributed by atoms with van der Waals surface area (Å²) in [5.74, 6) is -0.547. The number of nitrogens with zero attached hydrogens (tertiary/aromatic N) is 3. The molecule has 0 fully saturated rings. The van der Waals surface area contributed by atoms with Crippen LogP contribution in [0.2, 0.25) is 0 Å². The molecule has 2 N–H and O–H groups in total. The van der Waals surface area contributed by atoms with Crippen molar-refractivity contribution in [2.24, 2.45) is 0 Å². The maximum atomic E-state index is 12.4. The number of rotatable bonds is 9. The van der Waals surface area contributed by atoms with E-state index in [4.69, 9.17) is 4.52 Å². The SMILES string of the molecule is CC(=O)NCCN(C(=O)CCCc1nc(C(C)(C)C)no1)C(C)C(=O)O. The van der Waals surface area contributed by atoms with Crippen molar-refractivity contribution in [3.8, 4) is 0 Å². The van der Waals surface area contributed by atoms with Crippen LogP contribution < -0.4 is 5.32 Å². The second-order valence-electron chi connectivity index (χ2n) is 7.20. The molecule has 0 aliphatic rings. The topological polar surface area (TPSA) is 126 Å². The van der Waals surface area contributed by atoms with Gasteiger partial charge in [0.1, 0.15) is 6.04 Å². The molecule has 0 saturated carbocycles. The maximum absolute atomic E-state index is 12.4. The van der Waals surface area contributed by atoms with Crippen LogP contribution in [-0.2, 0) is 26.2 Å². The highest BCUT2D eigenvalue weighted by Gasteiger charge is 2.25. The van der Waals surface area contributed by atoms with Crippen LogP contribution in [0.5, 0.6) is 0 Å². The smallest absolute Gasteiger partial charge is 0.326 e. The summed E-state index contributed by atoms with van der Waals surface area (Å²) in [7, 11) is 0. The van der Waals surface area contributed by atoms with E-state index in [1.54, 1.807) is 0 Å². The van der Waals surface area contributed by atoms with Gasteiger partial charge in [0.25, 0.3) is 0 Å². The van der Waals surface area contributed by atoms with Gasteiger partial charge in [0.15, 0.2) is 5.82 Å². The van der Waals surface area contributed by atoms with E-state index in [0.717, 1.165) is 0 Å². The minimum atomic E-state index is -1.09. The van der Waals surface area contributed by atoms with Gasteiger partial charge in [-0.25, -0.2) is 4.79 Å². The molecule has 1 rings (SSSR count). The first-order valence-electron chi connectivity index (χ1n) is 8.62. The lowest BCUT2D eigenvalue weighted by molar-refractivity contribution is -0.149.